The molecule has 2 aromatic heterocycles. The fourth-order valence-corrected chi connectivity index (χ4v) is 6.74. The van der Waals surface area contributed by atoms with Gasteiger partial charge >= 0.3 is 0 Å². The summed E-state index contributed by atoms with van der Waals surface area (Å²) < 4.78 is 0. The van der Waals surface area contributed by atoms with Crippen LogP contribution in [-0.2, 0) is 5.41 Å². The third-order valence-electron chi connectivity index (χ3n) is 8.31. The second-order valence-corrected chi connectivity index (χ2v) is 12.2. The van der Waals surface area contributed by atoms with E-state index in [0.717, 1.165) is 32.5 Å². The van der Waals surface area contributed by atoms with Gasteiger partial charge in [0.25, 0.3) is 0 Å². The first-order valence-electron chi connectivity index (χ1n) is 13.1. The first-order valence-corrected chi connectivity index (χ1v) is 13.9. The summed E-state index contributed by atoms with van der Waals surface area (Å²) in [7, 11) is 0. The number of thiophene rings is 1. The number of aromatic nitrogens is 1. The van der Waals surface area contributed by atoms with Gasteiger partial charge in [0.05, 0.1) is 22.5 Å². The smallest absolute Gasteiger partial charge is 0.131 e. The maximum atomic E-state index is 9.21. The molecule has 1 aliphatic rings. The summed E-state index contributed by atoms with van der Waals surface area (Å²) in [6.07, 6.45) is 3.64. The van der Waals surface area contributed by atoms with Gasteiger partial charge < -0.3 is 4.90 Å². The molecule has 39 heavy (non-hydrogen) atoms. The second-order valence-electron chi connectivity index (χ2n) is 11.1. The van der Waals surface area contributed by atoms with Crippen LogP contribution in [-0.4, -0.2) is 4.98 Å². The molecule has 2 aromatic carbocycles. The Morgan fingerprint density at radius 3 is 1.77 bits per heavy atom. The van der Waals surface area contributed by atoms with Crippen molar-refractivity contribution in [1.82, 2.24) is 4.98 Å². The molecule has 194 valence electrons. The van der Waals surface area contributed by atoms with E-state index in [0.29, 0.717) is 0 Å². The molecule has 0 saturated heterocycles. The lowest BCUT2D eigenvalue weighted by Crippen LogP contribution is -2.17. The van der Waals surface area contributed by atoms with E-state index < -0.39 is 0 Å². The predicted octanol–water partition coefficient (Wildman–Crippen LogP) is 9.20. The number of hydrogen-bond acceptors (Lipinski definition) is 5. The third-order valence-corrected chi connectivity index (χ3v) is 9.40. The van der Waals surface area contributed by atoms with Crippen LogP contribution in [0.4, 0.5) is 17.1 Å². The zero-order valence-corrected chi connectivity index (χ0v) is 24.6. The van der Waals surface area contributed by atoms with Crippen LogP contribution < -0.4 is 4.90 Å². The van der Waals surface area contributed by atoms with Gasteiger partial charge in [-0.3, -0.25) is 4.98 Å². The summed E-state index contributed by atoms with van der Waals surface area (Å²) in [5.41, 5.74) is 14.2. The number of aryl methyl sites for hydroxylation is 4. The maximum absolute atomic E-state index is 9.21. The Bertz CT molecular complexity index is 1650. The standard InChI is InChI=1S/C34H32N4S/c1-19-9-26(10-20(2)23(19)5)38(27-11-21(3)24(6)22(4)12-27)28-14-30-32(37-18-28)33-31(34(30,7)8)15-29(39-33)13-25(16-35)17-36/h9-15,18H,1-8H3. The molecule has 0 N–H and O–H groups in total. The van der Waals surface area contributed by atoms with E-state index in [4.69, 9.17) is 4.98 Å². The third kappa shape index (κ3) is 4.34. The number of benzene rings is 2. The molecule has 0 aliphatic heterocycles. The number of nitriles is 2. The summed E-state index contributed by atoms with van der Waals surface area (Å²) in [4.78, 5) is 9.39. The second kappa shape index (κ2) is 9.53. The Morgan fingerprint density at radius 1 is 0.769 bits per heavy atom. The first-order chi connectivity index (χ1) is 18.5. The van der Waals surface area contributed by atoms with Crippen LogP contribution in [0.3, 0.4) is 0 Å². The highest BCUT2D eigenvalue weighted by Crippen LogP contribution is 2.53. The molecule has 0 atom stereocenters. The number of allylic oxidation sites excluding steroid dienone is 1. The summed E-state index contributed by atoms with van der Waals surface area (Å²) in [5.74, 6) is 0. The SMILES string of the molecule is Cc1cc(N(c2cc(C)c(C)c(C)c2)c2cnc3c(c2)C(C)(C)c2cc(C=C(C#N)C#N)sc2-3)cc(C)c1C. The van der Waals surface area contributed by atoms with E-state index in [-0.39, 0.29) is 11.0 Å². The average Bonchev–Trinajstić information content (AvgIpc) is 3.41. The Labute approximate surface area is 235 Å². The molecule has 0 unspecified atom stereocenters. The molecule has 4 nitrogen and oxygen atoms in total. The average molecular weight is 529 g/mol. The molecule has 4 aromatic rings. The number of pyridine rings is 1. The highest BCUT2D eigenvalue weighted by molar-refractivity contribution is 7.16. The number of rotatable bonds is 4. The molecule has 0 amide bonds. The highest BCUT2D eigenvalue weighted by atomic mass is 32.1. The molecular formula is C34H32N4S. The van der Waals surface area contributed by atoms with Gasteiger partial charge in [0.15, 0.2) is 0 Å². The Balaban J connectivity index is 1.70. The van der Waals surface area contributed by atoms with Crippen molar-refractivity contribution in [3.8, 4) is 22.7 Å². The minimum absolute atomic E-state index is 0.110. The fourth-order valence-electron chi connectivity index (χ4n) is 5.46. The van der Waals surface area contributed by atoms with E-state index in [2.05, 4.69) is 96.7 Å². The molecule has 0 bridgehead atoms. The van der Waals surface area contributed by atoms with Crippen LogP contribution in [0, 0.1) is 64.2 Å². The minimum atomic E-state index is -0.264. The maximum Gasteiger partial charge on any atom is 0.131 e. The van der Waals surface area contributed by atoms with Crippen molar-refractivity contribution in [3.63, 3.8) is 0 Å². The topological polar surface area (TPSA) is 63.7 Å². The molecule has 2 heterocycles. The lowest BCUT2D eigenvalue weighted by Gasteiger charge is -2.29. The molecule has 0 spiro atoms. The van der Waals surface area contributed by atoms with Crippen molar-refractivity contribution in [2.45, 2.75) is 60.8 Å². The molecule has 0 fully saturated rings. The van der Waals surface area contributed by atoms with Gasteiger partial charge in [-0.1, -0.05) is 13.8 Å². The monoisotopic (exact) mass is 528 g/mol. The van der Waals surface area contributed by atoms with Gasteiger partial charge in [0.1, 0.15) is 17.7 Å². The molecule has 5 heteroatoms. The van der Waals surface area contributed by atoms with Crippen LogP contribution in [0.1, 0.15) is 63.2 Å². The molecule has 5 rings (SSSR count). The molecule has 0 radical (unpaired) electrons. The fraction of sp³-hybridized carbons (Fsp3) is 0.265. The van der Waals surface area contributed by atoms with Crippen LogP contribution in [0.15, 0.2) is 48.2 Å². The Hall–Kier alpha value is -4.19. The van der Waals surface area contributed by atoms with E-state index in [1.807, 2.05) is 18.3 Å². The van der Waals surface area contributed by atoms with Gasteiger partial charge in [0, 0.05) is 21.7 Å². The highest BCUT2D eigenvalue weighted by Gasteiger charge is 2.39. The first kappa shape index (κ1) is 26.4. The lowest BCUT2D eigenvalue weighted by atomic mass is 9.83. The zero-order valence-electron chi connectivity index (χ0n) is 23.8. The van der Waals surface area contributed by atoms with Gasteiger partial charge in [-0.05, 0) is 129 Å². The van der Waals surface area contributed by atoms with Crippen LogP contribution in [0.5, 0.6) is 0 Å². The van der Waals surface area contributed by atoms with Crippen LogP contribution in [0.2, 0.25) is 0 Å². The minimum Gasteiger partial charge on any atom is -0.309 e. The zero-order chi connectivity index (χ0) is 28.2. The number of hydrogen-bond donors (Lipinski definition) is 0. The van der Waals surface area contributed by atoms with Crippen molar-refractivity contribution < 1.29 is 0 Å². The predicted molar refractivity (Wildman–Crippen MR) is 162 cm³/mol. The lowest BCUT2D eigenvalue weighted by molar-refractivity contribution is 0.660. The quantitative estimate of drug-likeness (QED) is 0.248. The van der Waals surface area contributed by atoms with Gasteiger partial charge in [-0.2, -0.15) is 10.5 Å². The summed E-state index contributed by atoms with van der Waals surface area (Å²) >= 11 is 1.59. The van der Waals surface area contributed by atoms with Gasteiger partial charge in [-0.15, -0.1) is 11.3 Å². The molecular weight excluding hydrogens is 496 g/mol. The van der Waals surface area contributed by atoms with Crippen molar-refractivity contribution >= 4 is 34.5 Å². The summed E-state index contributed by atoms with van der Waals surface area (Å²) in [6.45, 7) is 17.5. The van der Waals surface area contributed by atoms with Gasteiger partial charge in [0.2, 0.25) is 0 Å². The number of fused-ring (bicyclic) bond motifs is 3. The van der Waals surface area contributed by atoms with E-state index >= 15 is 0 Å². The molecule has 0 saturated carbocycles. The van der Waals surface area contributed by atoms with Crippen molar-refractivity contribution in [2.24, 2.45) is 0 Å². The van der Waals surface area contributed by atoms with Gasteiger partial charge in [-0.25, -0.2) is 0 Å². The van der Waals surface area contributed by atoms with Crippen molar-refractivity contribution in [2.75, 3.05) is 4.90 Å². The van der Waals surface area contributed by atoms with Crippen molar-refractivity contribution in [1.29, 1.82) is 10.5 Å². The molecule has 1 aliphatic carbocycles. The summed E-state index contributed by atoms with van der Waals surface area (Å²) in [5, 5.41) is 18.4. The Morgan fingerprint density at radius 2 is 1.28 bits per heavy atom. The number of nitrogens with zero attached hydrogens (tertiary/aromatic N) is 4. The van der Waals surface area contributed by atoms with Crippen LogP contribution >= 0.6 is 11.3 Å². The normalized spacial score (nSPS) is 12.8. The summed E-state index contributed by atoms with van der Waals surface area (Å²) in [6, 6.07) is 17.4. The van der Waals surface area contributed by atoms with Crippen LogP contribution in [0.25, 0.3) is 16.6 Å². The Kier molecular flexibility index (Phi) is 6.45. The number of anilines is 3. The largest absolute Gasteiger partial charge is 0.309 e. The van der Waals surface area contributed by atoms with E-state index in [1.54, 1.807) is 17.4 Å². The van der Waals surface area contributed by atoms with E-state index in [1.165, 1.54) is 44.5 Å². The van der Waals surface area contributed by atoms with E-state index in [9.17, 15) is 10.5 Å². The van der Waals surface area contributed by atoms with Crippen molar-refractivity contribution in [3.05, 3.63) is 97.6 Å².